The Bertz CT molecular complexity index is 491. The lowest BCUT2D eigenvalue weighted by atomic mass is 10.1. The van der Waals surface area contributed by atoms with Gasteiger partial charge in [-0.05, 0) is 12.0 Å². The van der Waals surface area contributed by atoms with Crippen molar-refractivity contribution < 1.29 is 9.84 Å². The number of ether oxygens (including phenoxy) is 1. The lowest BCUT2D eigenvalue weighted by Crippen LogP contribution is -2.45. The number of hydrogen-bond donors (Lipinski definition) is 1. The molecule has 1 aromatic heterocycles. The molecule has 0 spiro atoms. The minimum Gasteiger partial charge on any atom is -0.390 e. The predicted octanol–water partition coefficient (Wildman–Crippen LogP) is 0.0902. The quantitative estimate of drug-likeness (QED) is 0.832. The minimum atomic E-state index is -0.313. The number of hydrogen-bond acceptors (Lipinski definition) is 6. The minimum absolute atomic E-state index is 0.313. The number of nitrogens with zero attached hydrogens (tertiary/aromatic N) is 4. The zero-order chi connectivity index (χ0) is 15.4. The van der Waals surface area contributed by atoms with Gasteiger partial charge in [0, 0.05) is 51.9 Å². The van der Waals surface area contributed by atoms with Crippen LogP contribution >= 0.6 is 0 Å². The molecule has 0 bridgehead atoms. The number of aliphatic hydroxyl groups excluding tert-OH is 1. The molecule has 1 unspecified atom stereocenters. The highest BCUT2D eigenvalue weighted by molar-refractivity contribution is 5.20. The van der Waals surface area contributed by atoms with Gasteiger partial charge in [-0.15, -0.1) is 0 Å². The average Bonchev–Trinajstić information content (AvgIpc) is 2.55. The van der Waals surface area contributed by atoms with E-state index in [-0.39, 0.29) is 6.10 Å². The van der Waals surface area contributed by atoms with Crippen molar-refractivity contribution in [1.29, 1.82) is 0 Å². The van der Waals surface area contributed by atoms with Crippen molar-refractivity contribution >= 4 is 0 Å². The Morgan fingerprint density at radius 2 is 2.00 bits per heavy atom. The molecular weight excluding hydrogens is 280 g/mol. The van der Waals surface area contributed by atoms with Crippen molar-refractivity contribution in [3.63, 3.8) is 0 Å². The molecule has 0 saturated carbocycles. The zero-order valence-electron chi connectivity index (χ0n) is 13.4. The summed E-state index contributed by atoms with van der Waals surface area (Å²) in [6, 6.07) is 0. The van der Waals surface area contributed by atoms with Crippen LogP contribution in [-0.4, -0.2) is 76.9 Å². The van der Waals surface area contributed by atoms with Gasteiger partial charge in [-0.25, -0.2) is 9.97 Å². The van der Waals surface area contributed by atoms with Crippen LogP contribution in [0, 0.1) is 0 Å². The van der Waals surface area contributed by atoms with Gasteiger partial charge in [0.15, 0.2) is 0 Å². The van der Waals surface area contributed by atoms with E-state index in [0.717, 1.165) is 70.3 Å². The second-order valence-corrected chi connectivity index (χ2v) is 6.16. The van der Waals surface area contributed by atoms with Crippen molar-refractivity contribution in [1.82, 2.24) is 19.8 Å². The number of aliphatic hydroxyl groups is 1. The third kappa shape index (κ3) is 4.01. The lowest BCUT2D eigenvalue weighted by Gasteiger charge is -2.33. The Balaban J connectivity index is 1.52. The third-order valence-electron chi connectivity index (χ3n) is 4.43. The first-order valence-electron chi connectivity index (χ1n) is 8.28. The molecule has 2 aliphatic rings. The molecular formula is C16H26N4O2. The molecule has 1 N–H and O–H groups in total. The maximum atomic E-state index is 10.3. The van der Waals surface area contributed by atoms with Crippen LogP contribution in [0.1, 0.15) is 24.0 Å². The molecule has 6 heteroatoms. The fraction of sp³-hybridized carbons (Fsp3) is 0.750. The SMILES string of the molecule is CCc1ncc2c(n1)CN(CC(O)CN1CCOCC1)CC2. The Kier molecular flexibility index (Phi) is 5.36. The molecule has 0 aromatic carbocycles. The zero-order valence-corrected chi connectivity index (χ0v) is 13.4. The van der Waals surface area contributed by atoms with Gasteiger partial charge >= 0.3 is 0 Å². The van der Waals surface area contributed by atoms with Crippen molar-refractivity contribution in [2.45, 2.75) is 32.4 Å². The summed E-state index contributed by atoms with van der Waals surface area (Å²) in [5.41, 5.74) is 2.40. The van der Waals surface area contributed by atoms with E-state index in [1.165, 1.54) is 5.56 Å². The molecule has 0 radical (unpaired) electrons. The highest BCUT2D eigenvalue weighted by atomic mass is 16.5. The summed E-state index contributed by atoms with van der Waals surface area (Å²) >= 11 is 0. The summed E-state index contributed by atoms with van der Waals surface area (Å²) < 4.78 is 5.34. The first-order valence-corrected chi connectivity index (χ1v) is 8.28. The van der Waals surface area contributed by atoms with E-state index in [1.807, 2.05) is 6.20 Å². The molecule has 2 aliphatic heterocycles. The molecule has 22 heavy (non-hydrogen) atoms. The Morgan fingerprint density at radius 1 is 1.23 bits per heavy atom. The number of aromatic nitrogens is 2. The summed E-state index contributed by atoms with van der Waals surface area (Å²) in [6.45, 7) is 8.72. The topological polar surface area (TPSA) is 61.7 Å². The van der Waals surface area contributed by atoms with E-state index in [0.29, 0.717) is 6.54 Å². The van der Waals surface area contributed by atoms with Crippen LogP contribution in [-0.2, 0) is 24.1 Å². The van der Waals surface area contributed by atoms with E-state index >= 15 is 0 Å². The normalized spacial score (nSPS) is 21.5. The van der Waals surface area contributed by atoms with Crippen molar-refractivity contribution in [3.8, 4) is 0 Å². The van der Waals surface area contributed by atoms with Gasteiger partial charge in [0.2, 0.25) is 0 Å². The van der Waals surface area contributed by atoms with Gasteiger partial charge in [0.05, 0.1) is 25.0 Å². The molecule has 0 aliphatic carbocycles. The van der Waals surface area contributed by atoms with Gasteiger partial charge in [0.1, 0.15) is 5.82 Å². The van der Waals surface area contributed by atoms with E-state index in [4.69, 9.17) is 4.74 Å². The first-order chi connectivity index (χ1) is 10.7. The maximum Gasteiger partial charge on any atom is 0.128 e. The fourth-order valence-electron chi connectivity index (χ4n) is 3.16. The summed E-state index contributed by atoms with van der Waals surface area (Å²) in [5, 5.41) is 10.3. The summed E-state index contributed by atoms with van der Waals surface area (Å²) in [4.78, 5) is 13.6. The molecule has 6 nitrogen and oxygen atoms in total. The van der Waals surface area contributed by atoms with Gasteiger partial charge in [0.25, 0.3) is 0 Å². The second-order valence-electron chi connectivity index (χ2n) is 6.16. The Hall–Kier alpha value is -1.08. The molecule has 3 heterocycles. The van der Waals surface area contributed by atoms with Crippen LogP contribution in [0.3, 0.4) is 0 Å². The second kappa shape index (κ2) is 7.46. The lowest BCUT2D eigenvalue weighted by molar-refractivity contribution is 0.00574. The van der Waals surface area contributed by atoms with Gasteiger partial charge in [-0.1, -0.05) is 6.92 Å². The maximum absolute atomic E-state index is 10.3. The van der Waals surface area contributed by atoms with E-state index < -0.39 is 0 Å². The molecule has 122 valence electrons. The number of aryl methyl sites for hydroxylation is 1. The highest BCUT2D eigenvalue weighted by Crippen LogP contribution is 2.17. The van der Waals surface area contributed by atoms with Crippen LogP contribution in [0.2, 0.25) is 0 Å². The van der Waals surface area contributed by atoms with Crippen LogP contribution in [0.25, 0.3) is 0 Å². The van der Waals surface area contributed by atoms with E-state index in [9.17, 15) is 5.11 Å². The number of β-amino-alcohol motifs (C(OH)–C–C–N with tert-alkyl or cyclic N) is 1. The van der Waals surface area contributed by atoms with Crippen molar-refractivity contribution in [2.24, 2.45) is 0 Å². The number of fused-ring (bicyclic) bond motifs is 1. The average molecular weight is 306 g/mol. The van der Waals surface area contributed by atoms with Gasteiger partial charge in [-0.3, -0.25) is 9.80 Å². The van der Waals surface area contributed by atoms with Crippen LogP contribution in [0.5, 0.6) is 0 Å². The standard InChI is InChI=1S/C16H26N4O2/c1-2-16-17-9-13-3-4-20(12-15(13)18-16)11-14(21)10-19-5-7-22-8-6-19/h9,14,21H,2-8,10-12H2,1H3. The Morgan fingerprint density at radius 3 is 2.77 bits per heavy atom. The largest absolute Gasteiger partial charge is 0.390 e. The summed E-state index contributed by atoms with van der Waals surface area (Å²) in [6.07, 6.45) is 3.51. The third-order valence-corrected chi connectivity index (χ3v) is 4.43. The number of rotatable bonds is 5. The van der Waals surface area contributed by atoms with Crippen LogP contribution < -0.4 is 0 Å². The monoisotopic (exact) mass is 306 g/mol. The van der Waals surface area contributed by atoms with Crippen LogP contribution in [0.15, 0.2) is 6.20 Å². The highest BCUT2D eigenvalue weighted by Gasteiger charge is 2.22. The van der Waals surface area contributed by atoms with E-state index in [1.54, 1.807) is 0 Å². The van der Waals surface area contributed by atoms with Gasteiger partial charge < -0.3 is 9.84 Å². The predicted molar refractivity (Wildman–Crippen MR) is 83.7 cm³/mol. The van der Waals surface area contributed by atoms with Crippen molar-refractivity contribution in [2.75, 3.05) is 45.9 Å². The molecule has 0 amide bonds. The molecule has 1 fully saturated rings. The van der Waals surface area contributed by atoms with E-state index in [2.05, 4.69) is 26.7 Å². The number of morpholine rings is 1. The summed E-state index contributed by atoms with van der Waals surface area (Å²) in [7, 11) is 0. The molecule has 1 atom stereocenters. The fourth-order valence-corrected chi connectivity index (χ4v) is 3.16. The van der Waals surface area contributed by atoms with Crippen LogP contribution in [0.4, 0.5) is 0 Å². The smallest absolute Gasteiger partial charge is 0.128 e. The Labute approximate surface area is 132 Å². The molecule has 3 rings (SSSR count). The van der Waals surface area contributed by atoms with Gasteiger partial charge in [-0.2, -0.15) is 0 Å². The van der Waals surface area contributed by atoms with Crippen molar-refractivity contribution in [3.05, 3.63) is 23.3 Å². The first kappa shape index (κ1) is 15.8. The molecule has 1 aromatic rings. The molecule has 1 saturated heterocycles. The summed E-state index contributed by atoms with van der Waals surface area (Å²) in [5.74, 6) is 0.912.